The standard InChI is InChI=1S/C13H25NO3S/c1-5-14-13(4,12(15)16-6-2)9-18-11-7-8-17-10(11)3/h10-11,14H,5-9H2,1-4H3. The Kier molecular flexibility index (Phi) is 6.46. The Morgan fingerprint density at radius 3 is 2.78 bits per heavy atom. The third kappa shape index (κ3) is 4.14. The molecule has 106 valence electrons. The molecule has 1 aliphatic rings. The second kappa shape index (κ2) is 7.36. The van der Waals surface area contributed by atoms with Crippen LogP contribution in [0.2, 0.25) is 0 Å². The Morgan fingerprint density at radius 2 is 2.28 bits per heavy atom. The number of likely N-dealkylation sites (N-methyl/N-ethyl adjacent to an activating group) is 1. The molecule has 5 heteroatoms. The van der Waals surface area contributed by atoms with E-state index in [1.54, 1.807) is 11.8 Å². The summed E-state index contributed by atoms with van der Waals surface area (Å²) in [6.07, 6.45) is 1.35. The van der Waals surface area contributed by atoms with Crippen LogP contribution in [0.25, 0.3) is 0 Å². The van der Waals surface area contributed by atoms with Gasteiger partial charge in [-0.1, -0.05) is 6.92 Å². The van der Waals surface area contributed by atoms with E-state index in [2.05, 4.69) is 12.2 Å². The zero-order valence-electron chi connectivity index (χ0n) is 11.8. The first kappa shape index (κ1) is 15.8. The molecule has 1 rings (SSSR count). The smallest absolute Gasteiger partial charge is 0.326 e. The fraction of sp³-hybridized carbons (Fsp3) is 0.923. The van der Waals surface area contributed by atoms with E-state index >= 15 is 0 Å². The van der Waals surface area contributed by atoms with E-state index in [1.807, 2.05) is 20.8 Å². The van der Waals surface area contributed by atoms with Crippen LogP contribution >= 0.6 is 11.8 Å². The molecular formula is C13H25NO3S. The van der Waals surface area contributed by atoms with Crippen LogP contribution in [0.4, 0.5) is 0 Å². The third-order valence-corrected chi connectivity index (χ3v) is 4.98. The van der Waals surface area contributed by atoms with Crippen molar-refractivity contribution in [2.45, 2.75) is 51.0 Å². The highest BCUT2D eigenvalue weighted by atomic mass is 32.2. The molecule has 0 radical (unpaired) electrons. The van der Waals surface area contributed by atoms with Gasteiger partial charge in [0.15, 0.2) is 0 Å². The van der Waals surface area contributed by atoms with Crippen molar-refractivity contribution in [2.24, 2.45) is 0 Å². The molecule has 0 amide bonds. The van der Waals surface area contributed by atoms with Gasteiger partial charge >= 0.3 is 5.97 Å². The lowest BCUT2D eigenvalue weighted by molar-refractivity contribution is -0.149. The molecule has 1 heterocycles. The normalized spacial score (nSPS) is 26.9. The van der Waals surface area contributed by atoms with E-state index in [9.17, 15) is 4.79 Å². The molecule has 0 saturated carbocycles. The average molecular weight is 275 g/mol. The Hall–Kier alpha value is -0.260. The van der Waals surface area contributed by atoms with Crippen LogP contribution in [0.3, 0.4) is 0 Å². The van der Waals surface area contributed by atoms with E-state index in [0.717, 1.165) is 25.3 Å². The number of esters is 1. The summed E-state index contributed by atoms with van der Waals surface area (Å²) in [5.74, 6) is 0.559. The van der Waals surface area contributed by atoms with E-state index in [1.165, 1.54) is 0 Å². The predicted molar refractivity (Wildman–Crippen MR) is 75.0 cm³/mol. The molecule has 3 unspecified atom stereocenters. The second-order valence-electron chi connectivity index (χ2n) is 4.80. The molecule has 1 aliphatic heterocycles. The summed E-state index contributed by atoms with van der Waals surface area (Å²) in [6.45, 7) is 9.87. The lowest BCUT2D eigenvalue weighted by Gasteiger charge is -2.29. The summed E-state index contributed by atoms with van der Waals surface area (Å²) in [5, 5.41) is 3.73. The largest absolute Gasteiger partial charge is 0.465 e. The first-order valence-corrected chi connectivity index (χ1v) is 7.73. The number of nitrogens with one attached hydrogen (secondary N) is 1. The SMILES string of the molecule is CCNC(C)(CSC1CCOC1C)C(=O)OCC. The quantitative estimate of drug-likeness (QED) is 0.718. The minimum absolute atomic E-state index is 0.161. The van der Waals surface area contributed by atoms with E-state index < -0.39 is 5.54 Å². The van der Waals surface area contributed by atoms with Gasteiger partial charge in [0.2, 0.25) is 0 Å². The maximum absolute atomic E-state index is 12.0. The van der Waals surface area contributed by atoms with Crippen molar-refractivity contribution in [1.29, 1.82) is 0 Å². The molecule has 1 saturated heterocycles. The first-order valence-electron chi connectivity index (χ1n) is 6.69. The maximum atomic E-state index is 12.0. The predicted octanol–water partition coefficient (Wildman–Crippen LogP) is 1.83. The van der Waals surface area contributed by atoms with Gasteiger partial charge in [-0.05, 0) is 33.7 Å². The van der Waals surface area contributed by atoms with Crippen LogP contribution in [0.1, 0.15) is 34.1 Å². The van der Waals surface area contributed by atoms with Crippen LogP contribution < -0.4 is 5.32 Å². The van der Waals surface area contributed by atoms with Gasteiger partial charge in [0, 0.05) is 17.6 Å². The van der Waals surface area contributed by atoms with E-state index in [4.69, 9.17) is 9.47 Å². The third-order valence-electron chi connectivity index (χ3n) is 3.19. The Morgan fingerprint density at radius 1 is 1.56 bits per heavy atom. The van der Waals surface area contributed by atoms with Crippen LogP contribution in [0.5, 0.6) is 0 Å². The van der Waals surface area contributed by atoms with Crippen molar-refractivity contribution in [1.82, 2.24) is 5.32 Å². The molecule has 0 aliphatic carbocycles. The van der Waals surface area contributed by atoms with Crippen LogP contribution in [-0.4, -0.2) is 48.4 Å². The molecule has 1 fully saturated rings. The van der Waals surface area contributed by atoms with Crippen LogP contribution in [0.15, 0.2) is 0 Å². The number of thioether (sulfide) groups is 1. The minimum Gasteiger partial charge on any atom is -0.465 e. The molecule has 3 atom stereocenters. The summed E-state index contributed by atoms with van der Waals surface area (Å²) in [5.41, 5.74) is -0.599. The van der Waals surface area contributed by atoms with E-state index in [-0.39, 0.29) is 12.1 Å². The highest BCUT2D eigenvalue weighted by Gasteiger charge is 2.36. The van der Waals surface area contributed by atoms with E-state index in [0.29, 0.717) is 11.9 Å². The monoisotopic (exact) mass is 275 g/mol. The van der Waals surface area contributed by atoms with Crippen molar-refractivity contribution < 1.29 is 14.3 Å². The number of hydrogen-bond acceptors (Lipinski definition) is 5. The molecular weight excluding hydrogens is 250 g/mol. The summed E-state index contributed by atoms with van der Waals surface area (Å²) in [6, 6.07) is 0. The highest BCUT2D eigenvalue weighted by molar-refractivity contribution is 8.00. The van der Waals surface area contributed by atoms with Crippen molar-refractivity contribution in [3.8, 4) is 0 Å². The minimum atomic E-state index is -0.599. The van der Waals surface area contributed by atoms with Crippen molar-refractivity contribution in [2.75, 3.05) is 25.5 Å². The number of carbonyl (C=O) groups is 1. The number of hydrogen-bond donors (Lipinski definition) is 1. The van der Waals surface area contributed by atoms with Gasteiger partial charge in [0.05, 0.1) is 12.7 Å². The molecule has 0 spiro atoms. The van der Waals surface area contributed by atoms with Gasteiger partial charge in [-0.15, -0.1) is 0 Å². The fourth-order valence-corrected chi connectivity index (χ4v) is 3.45. The number of rotatable bonds is 7. The summed E-state index contributed by atoms with van der Waals surface area (Å²) in [7, 11) is 0. The van der Waals surface area contributed by atoms with Crippen molar-refractivity contribution in [3.05, 3.63) is 0 Å². The summed E-state index contributed by atoms with van der Waals surface area (Å²) >= 11 is 1.80. The van der Waals surface area contributed by atoms with Gasteiger partial charge < -0.3 is 14.8 Å². The summed E-state index contributed by atoms with van der Waals surface area (Å²) in [4.78, 5) is 12.0. The zero-order valence-corrected chi connectivity index (χ0v) is 12.6. The van der Waals surface area contributed by atoms with Gasteiger partial charge in [-0.2, -0.15) is 11.8 Å². The molecule has 1 N–H and O–H groups in total. The number of ether oxygens (including phenoxy) is 2. The van der Waals surface area contributed by atoms with Crippen molar-refractivity contribution in [3.63, 3.8) is 0 Å². The topological polar surface area (TPSA) is 47.6 Å². The number of carbonyl (C=O) groups excluding carboxylic acids is 1. The van der Waals surface area contributed by atoms with Gasteiger partial charge in [-0.3, -0.25) is 4.79 Å². The highest BCUT2D eigenvalue weighted by Crippen LogP contribution is 2.29. The van der Waals surface area contributed by atoms with Gasteiger partial charge in [0.1, 0.15) is 5.54 Å². The summed E-state index contributed by atoms with van der Waals surface area (Å²) < 4.78 is 10.7. The Balaban J connectivity index is 2.53. The van der Waals surface area contributed by atoms with Gasteiger partial charge in [0.25, 0.3) is 0 Å². The Labute approximate surface area is 114 Å². The molecule has 18 heavy (non-hydrogen) atoms. The zero-order chi connectivity index (χ0) is 13.6. The maximum Gasteiger partial charge on any atom is 0.326 e. The van der Waals surface area contributed by atoms with Gasteiger partial charge in [-0.25, -0.2) is 0 Å². The van der Waals surface area contributed by atoms with Crippen molar-refractivity contribution >= 4 is 17.7 Å². The van der Waals surface area contributed by atoms with Crippen LogP contribution in [0, 0.1) is 0 Å². The van der Waals surface area contributed by atoms with Crippen LogP contribution in [-0.2, 0) is 14.3 Å². The molecule has 0 aromatic rings. The lowest BCUT2D eigenvalue weighted by Crippen LogP contribution is -2.53. The second-order valence-corrected chi connectivity index (χ2v) is 6.02. The molecule has 0 aromatic heterocycles. The lowest BCUT2D eigenvalue weighted by atomic mass is 10.1. The first-order chi connectivity index (χ1) is 8.53. The fourth-order valence-electron chi connectivity index (χ4n) is 2.07. The molecule has 4 nitrogen and oxygen atoms in total. The molecule has 0 aromatic carbocycles. The molecule has 0 bridgehead atoms. The average Bonchev–Trinajstić information content (AvgIpc) is 2.73. The Bertz CT molecular complexity index is 275.